The van der Waals surface area contributed by atoms with Crippen molar-refractivity contribution in [3.05, 3.63) is 17.7 Å². The van der Waals surface area contributed by atoms with E-state index in [1.165, 1.54) is 6.07 Å². The van der Waals surface area contributed by atoms with Crippen LogP contribution in [0.3, 0.4) is 0 Å². The van der Waals surface area contributed by atoms with Crippen molar-refractivity contribution in [3.63, 3.8) is 0 Å². The highest BCUT2D eigenvalue weighted by Gasteiger charge is 2.21. The molecule has 1 aliphatic heterocycles. The Hall–Kier alpha value is -1.95. The Bertz CT molecular complexity index is 442. The highest BCUT2D eigenvalue weighted by molar-refractivity contribution is 5.92. The van der Waals surface area contributed by atoms with Crippen molar-refractivity contribution in [3.8, 4) is 17.2 Å². The van der Waals surface area contributed by atoms with Crippen molar-refractivity contribution in [2.45, 2.75) is 6.42 Å². The van der Waals surface area contributed by atoms with Crippen molar-refractivity contribution in [1.29, 1.82) is 0 Å². The molecule has 98 valence electrons. The van der Waals surface area contributed by atoms with Crippen LogP contribution in [0.5, 0.6) is 17.2 Å². The molecule has 0 amide bonds. The van der Waals surface area contributed by atoms with Gasteiger partial charge in [0, 0.05) is 32.3 Å². The van der Waals surface area contributed by atoms with Crippen molar-refractivity contribution in [2.75, 3.05) is 27.1 Å². The van der Waals surface area contributed by atoms with Gasteiger partial charge in [-0.15, -0.1) is 0 Å². The van der Waals surface area contributed by atoms with Crippen LogP contribution < -0.4 is 14.2 Å². The largest absolute Gasteiger partial charge is 0.492 e. The number of carboxylic acids is 1. The summed E-state index contributed by atoms with van der Waals surface area (Å²) in [4.78, 5) is 11.1. The fraction of sp³-hybridized carbons (Fsp3) is 0.417. The number of hydrogen-bond donors (Lipinski definition) is 1. The molecule has 2 rings (SSSR count). The molecular formula is C12H14O6. The average molecular weight is 254 g/mol. The molecule has 0 unspecified atom stereocenters. The van der Waals surface area contributed by atoms with Crippen LogP contribution in [0.15, 0.2) is 12.1 Å². The Morgan fingerprint density at radius 2 is 2.06 bits per heavy atom. The first kappa shape index (κ1) is 12.5. The molecule has 18 heavy (non-hydrogen) atoms. The van der Waals surface area contributed by atoms with E-state index in [1.807, 2.05) is 0 Å². The number of ether oxygens (including phenoxy) is 4. The first-order valence-corrected chi connectivity index (χ1v) is 5.51. The molecule has 1 N–H and O–H groups in total. The molecule has 6 nitrogen and oxygen atoms in total. The fourth-order valence-corrected chi connectivity index (χ4v) is 1.60. The molecule has 1 heterocycles. The van der Waals surface area contributed by atoms with Gasteiger partial charge in [-0.25, -0.2) is 4.79 Å². The minimum Gasteiger partial charge on any atom is -0.492 e. The second-order valence-electron chi connectivity index (χ2n) is 3.70. The van der Waals surface area contributed by atoms with Crippen LogP contribution in [-0.4, -0.2) is 38.2 Å². The highest BCUT2D eigenvalue weighted by Crippen LogP contribution is 2.38. The number of fused-ring (bicyclic) bond motifs is 1. The van der Waals surface area contributed by atoms with Crippen LogP contribution in [0.4, 0.5) is 0 Å². The zero-order chi connectivity index (χ0) is 13.0. The maximum Gasteiger partial charge on any atom is 0.339 e. The Kier molecular flexibility index (Phi) is 3.88. The number of carbonyl (C=O) groups is 1. The second kappa shape index (κ2) is 5.59. The van der Waals surface area contributed by atoms with E-state index >= 15 is 0 Å². The van der Waals surface area contributed by atoms with E-state index in [9.17, 15) is 4.79 Å². The number of carboxylic acid groups (broad SMARTS) is 1. The van der Waals surface area contributed by atoms with Gasteiger partial charge in [-0.2, -0.15) is 0 Å². The van der Waals surface area contributed by atoms with Crippen LogP contribution in [0, 0.1) is 0 Å². The van der Waals surface area contributed by atoms with E-state index in [4.69, 9.17) is 24.1 Å². The van der Waals surface area contributed by atoms with Gasteiger partial charge < -0.3 is 24.1 Å². The van der Waals surface area contributed by atoms with Crippen LogP contribution in [-0.2, 0) is 4.74 Å². The third kappa shape index (κ3) is 2.65. The van der Waals surface area contributed by atoms with Gasteiger partial charge in [0.05, 0.1) is 6.61 Å². The molecule has 0 fully saturated rings. The molecule has 0 radical (unpaired) electrons. The third-order valence-electron chi connectivity index (χ3n) is 2.46. The molecule has 0 saturated heterocycles. The third-order valence-corrected chi connectivity index (χ3v) is 2.46. The SMILES string of the molecule is COCCCOc1cc2c(cc1C(=O)O)OCO2. The lowest BCUT2D eigenvalue weighted by Gasteiger charge is -2.09. The summed E-state index contributed by atoms with van der Waals surface area (Å²) in [6.45, 7) is 1.04. The fourth-order valence-electron chi connectivity index (χ4n) is 1.60. The normalized spacial score (nSPS) is 12.5. The molecular weight excluding hydrogens is 240 g/mol. The molecule has 6 heteroatoms. The van der Waals surface area contributed by atoms with Crippen molar-refractivity contribution >= 4 is 5.97 Å². The van der Waals surface area contributed by atoms with E-state index in [2.05, 4.69) is 0 Å². The Labute approximate surface area is 104 Å². The summed E-state index contributed by atoms with van der Waals surface area (Å²) in [6.07, 6.45) is 0.685. The van der Waals surface area contributed by atoms with Gasteiger partial charge in [0.2, 0.25) is 6.79 Å². The lowest BCUT2D eigenvalue weighted by atomic mass is 10.2. The minimum absolute atomic E-state index is 0.0664. The highest BCUT2D eigenvalue weighted by atomic mass is 16.7. The lowest BCUT2D eigenvalue weighted by molar-refractivity contribution is 0.0691. The summed E-state index contributed by atoms with van der Waals surface area (Å²) in [7, 11) is 1.60. The lowest BCUT2D eigenvalue weighted by Crippen LogP contribution is -2.06. The Morgan fingerprint density at radius 1 is 1.33 bits per heavy atom. The van der Waals surface area contributed by atoms with Gasteiger partial charge in [-0.05, 0) is 0 Å². The summed E-state index contributed by atoms with van der Waals surface area (Å²) in [5, 5.41) is 9.10. The number of aromatic carboxylic acids is 1. The summed E-state index contributed by atoms with van der Waals surface area (Å²) in [5.74, 6) is 0.149. The van der Waals surface area contributed by atoms with E-state index < -0.39 is 5.97 Å². The maximum absolute atomic E-state index is 11.1. The van der Waals surface area contributed by atoms with E-state index in [1.54, 1.807) is 13.2 Å². The van der Waals surface area contributed by atoms with E-state index in [0.717, 1.165) is 0 Å². The standard InChI is InChI=1S/C12H14O6/c1-15-3-2-4-16-9-6-11-10(17-7-18-11)5-8(9)12(13)14/h5-6H,2-4,7H2,1H3,(H,13,14). The monoisotopic (exact) mass is 254 g/mol. The smallest absolute Gasteiger partial charge is 0.339 e. The number of rotatable bonds is 6. The topological polar surface area (TPSA) is 74.2 Å². The zero-order valence-electron chi connectivity index (χ0n) is 9.97. The second-order valence-corrected chi connectivity index (χ2v) is 3.70. The van der Waals surface area contributed by atoms with Gasteiger partial charge in [-0.3, -0.25) is 0 Å². The molecule has 1 aliphatic rings. The molecule has 0 spiro atoms. The molecule has 1 aromatic carbocycles. The molecule has 0 aliphatic carbocycles. The Morgan fingerprint density at radius 3 is 2.72 bits per heavy atom. The van der Waals surface area contributed by atoms with Crippen LogP contribution in [0.25, 0.3) is 0 Å². The predicted molar refractivity (Wildman–Crippen MR) is 61.5 cm³/mol. The first-order valence-electron chi connectivity index (χ1n) is 5.51. The summed E-state index contributed by atoms with van der Waals surface area (Å²) in [5.41, 5.74) is 0.0664. The van der Waals surface area contributed by atoms with Crippen molar-refractivity contribution in [1.82, 2.24) is 0 Å². The molecule has 0 saturated carbocycles. The molecule has 0 atom stereocenters. The van der Waals surface area contributed by atoms with Gasteiger partial charge >= 0.3 is 5.97 Å². The maximum atomic E-state index is 11.1. The summed E-state index contributed by atoms with van der Waals surface area (Å²) in [6, 6.07) is 2.95. The predicted octanol–water partition coefficient (Wildman–Crippen LogP) is 1.53. The van der Waals surface area contributed by atoms with E-state index in [0.29, 0.717) is 31.1 Å². The Balaban J connectivity index is 2.14. The van der Waals surface area contributed by atoms with Crippen molar-refractivity contribution < 1.29 is 28.8 Å². The van der Waals surface area contributed by atoms with Crippen molar-refractivity contribution in [2.24, 2.45) is 0 Å². The first-order chi connectivity index (χ1) is 8.72. The van der Waals surface area contributed by atoms with Crippen LogP contribution in [0.2, 0.25) is 0 Å². The van der Waals surface area contributed by atoms with Gasteiger partial charge in [0.1, 0.15) is 11.3 Å². The van der Waals surface area contributed by atoms with Gasteiger partial charge in [-0.1, -0.05) is 0 Å². The zero-order valence-corrected chi connectivity index (χ0v) is 9.97. The number of benzene rings is 1. The number of methoxy groups -OCH3 is 1. The quantitative estimate of drug-likeness (QED) is 0.776. The van der Waals surface area contributed by atoms with Crippen LogP contribution >= 0.6 is 0 Å². The van der Waals surface area contributed by atoms with Gasteiger partial charge in [0.25, 0.3) is 0 Å². The number of hydrogen-bond acceptors (Lipinski definition) is 5. The van der Waals surface area contributed by atoms with Crippen LogP contribution in [0.1, 0.15) is 16.8 Å². The average Bonchev–Trinajstić information content (AvgIpc) is 2.80. The molecule has 1 aromatic rings. The van der Waals surface area contributed by atoms with Gasteiger partial charge in [0.15, 0.2) is 11.5 Å². The molecule has 0 aromatic heterocycles. The molecule has 0 bridgehead atoms. The summed E-state index contributed by atoms with van der Waals surface area (Å²) >= 11 is 0. The summed E-state index contributed by atoms with van der Waals surface area (Å²) < 4.78 is 20.6. The minimum atomic E-state index is -1.06. The van der Waals surface area contributed by atoms with E-state index in [-0.39, 0.29) is 18.1 Å².